The molecule has 448 valence electrons. The maximum absolute atomic E-state index is 13.7. The summed E-state index contributed by atoms with van der Waals surface area (Å²) in [6, 6.07) is 15.8. The average Bonchev–Trinajstić information content (AvgIpc) is 4.16. The predicted molar refractivity (Wildman–Crippen MR) is 317 cm³/mol. The van der Waals surface area contributed by atoms with E-state index >= 15 is 0 Å². The van der Waals surface area contributed by atoms with E-state index in [0.717, 1.165) is 27.6 Å². The lowest BCUT2D eigenvalue weighted by Gasteiger charge is -2.42. The van der Waals surface area contributed by atoms with Crippen molar-refractivity contribution < 1.29 is 62.5 Å². The van der Waals surface area contributed by atoms with E-state index in [1.165, 1.54) is 48.5 Å². The van der Waals surface area contributed by atoms with E-state index < -0.39 is 49.7 Å². The Morgan fingerprint density at radius 2 is 0.988 bits per heavy atom. The van der Waals surface area contributed by atoms with E-state index in [4.69, 9.17) is 22.8 Å². The van der Waals surface area contributed by atoms with Gasteiger partial charge in [0.15, 0.2) is 5.75 Å². The molecule has 2 amide bonds. The predicted octanol–water partition coefficient (Wildman–Crippen LogP) is 14.9. The minimum Gasteiger partial charge on any atom is -0.541 e. The van der Waals surface area contributed by atoms with Crippen molar-refractivity contribution in [3.05, 3.63) is 135 Å². The summed E-state index contributed by atoms with van der Waals surface area (Å²) < 4.78 is 116. The number of aryl methyl sites for hydroxylation is 1. The molecule has 8 rings (SSSR count). The number of amides is 2. The number of carbonyl (C=O) groups is 3. The molecule has 4 heterocycles. The van der Waals surface area contributed by atoms with Gasteiger partial charge in [-0.15, -0.1) is 0 Å². The number of hydrogen-bond acceptors (Lipinski definition) is 11. The van der Waals surface area contributed by atoms with E-state index in [1.54, 1.807) is 43.1 Å². The fourth-order valence-corrected chi connectivity index (χ4v) is 23.8. The molecule has 0 radical (unpaired) electrons. The fourth-order valence-electron chi connectivity index (χ4n) is 12.8. The van der Waals surface area contributed by atoms with Gasteiger partial charge in [-0.05, 0) is 129 Å². The first-order valence-corrected chi connectivity index (χ1v) is 34.0. The maximum atomic E-state index is 13.7. The highest BCUT2D eigenvalue weighted by molar-refractivity contribution is 7.88. The van der Waals surface area contributed by atoms with Gasteiger partial charge in [0.2, 0.25) is 0 Å². The molecule has 0 fully saturated rings. The summed E-state index contributed by atoms with van der Waals surface area (Å²) in [7, 11) is -8.01. The van der Waals surface area contributed by atoms with Gasteiger partial charge < -0.3 is 27.6 Å². The summed E-state index contributed by atoms with van der Waals surface area (Å²) >= 11 is 0. The normalized spacial score (nSPS) is 14.0. The molecule has 0 aliphatic carbocycles. The van der Waals surface area contributed by atoms with E-state index in [2.05, 4.69) is 52.6 Å². The summed E-state index contributed by atoms with van der Waals surface area (Å²) in [5.41, 5.74) is 1.66. The van der Waals surface area contributed by atoms with Gasteiger partial charge in [-0.25, -0.2) is 8.78 Å². The highest BCUT2D eigenvalue weighted by atomic mass is 32.2. The number of rotatable bonds is 20. The van der Waals surface area contributed by atoms with Gasteiger partial charge >= 0.3 is 21.6 Å². The maximum Gasteiger partial charge on any atom is 0.534 e. The standard InChI is InChI=1S/C33H43FN2O4Si.C29H34F4N2O5SSi/c1-9-39-29(37)15-14-26-27-17-24(16-23-10-12-25(34)13-11-23)18-35-31(27)32(30-28(26)19-36(8)33(30)38)40-41(20(2)3,21(4)5)22(6)7;1-16(2)42(17(3)4,18(5)6)40-27-24-23(15-35(7)28(24)36)26(39-41(37,38)29(31,32)33)22-13-20(14-34-25(22)27)12-19-8-10-21(30)11-9-19/h10-13,17-18,20-22H,9,14-16,19H2,1-8H3;8-11,13-14,16-18H,12,15H2,1-7H3. The minimum atomic E-state index is -6.09. The van der Waals surface area contributed by atoms with Gasteiger partial charge in [0.05, 0.1) is 24.3 Å². The Labute approximate surface area is 486 Å². The van der Waals surface area contributed by atoms with Crippen molar-refractivity contribution in [3.8, 4) is 17.2 Å². The molecule has 0 N–H and O–H groups in total. The van der Waals surface area contributed by atoms with Gasteiger partial charge in [-0.3, -0.25) is 24.4 Å². The summed E-state index contributed by atoms with van der Waals surface area (Å²) in [6.07, 6.45) is 4.75. The average molecular weight is 1210 g/mol. The van der Waals surface area contributed by atoms with Crippen LogP contribution in [0.15, 0.2) is 73.1 Å². The Bertz CT molecular complexity index is 3480. The molecule has 2 aliphatic rings. The number of aromatic nitrogens is 2. The van der Waals surface area contributed by atoms with Crippen molar-refractivity contribution in [1.82, 2.24) is 19.8 Å². The number of benzene rings is 4. The SMILES string of the molecule is CC(C)[Si](Oc1c2c(c(OS(=O)(=O)C(F)(F)F)c3cc(Cc4ccc(F)cc4)cnc13)CN(C)C2=O)(C(C)C)C(C)C.CCOC(=O)CCc1c2c(c(O[Si](C(C)C)(C(C)C)C(C)C)c3ncc(Cc4ccc(F)cc4)cc13)C(=O)N(C)C2. The van der Waals surface area contributed by atoms with Crippen molar-refractivity contribution >= 4 is 66.3 Å². The van der Waals surface area contributed by atoms with E-state index in [-0.39, 0.29) is 81.5 Å². The molecule has 0 bridgehead atoms. The molecule has 0 saturated carbocycles. The number of esters is 1. The third kappa shape index (κ3) is 12.7. The first kappa shape index (κ1) is 64.1. The van der Waals surface area contributed by atoms with E-state index in [0.29, 0.717) is 70.6 Å². The number of ether oxygens (including phenoxy) is 1. The van der Waals surface area contributed by atoms with E-state index in [1.807, 2.05) is 47.7 Å². The molecular formula is C62H77F5N4O9SSi2. The Kier molecular flexibility index (Phi) is 19.3. The molecule has 6 aromatic rings. The molecular weight excluding hydrogens is 1130 g/mol. The van der Waals surface area contributed by atoms with Crippen molar-refractivity contribution in [3.63, 3.8) is 0 Å². The molecule has 0 spiro atoms. The smallest absolute Gasteiger partial charge is 0.534 e. The van der Waals surface area contributed by atoms with Gasteiger partial charge in [0, 0.05) is 55.8 Å². The number of carbonyl (C=O) groups excluding carboxylic acids is 3. The number of pyridine rings is 2. The number of halogens is 5. The van der Waals surface area contributed by atoms with Gasteiger partial charge in [-0.2, -0.15) is 21.6 Å². The highest BCUT2D eigenvalue weighted by Crippen LogP contribution is 2.52. The minimum absolute atomic E-state index is 0.0160. The van der Waals surface area contributed by atoms with Gasteiger partial charge in [0.25, 0.3) is 28.4 Å². The molecule has 0 atom stereocenters. The second kappa shape index (κ2) is 25.0. The van der Waals surface area contributed by atoms with Crippen LogP contribution in [0, 0.1) is 11.6 Å². The van der Waals surface area contributed by atoms with Crippen molar-refractivity contribution in [2.45, 2.75) is 168 Å². The second-order valence-corrected chi connectivity index (χ2v) is 36.0. The van der Waals surface area contributed by atoms with Gasteiger partial charge in [0.1, 0.15) is 34.2 Å². The van der Waals surface area contributed by atoms with Crippen molar-refractivity contribution in [2.24, 2.45) is 0 Å². The van der Waals surface area contributed by atoms with Gasteiger partial charge in [-0.1, -0.05) is 107 Å². The van der Waals surface area contributed by atoms with Crippen molar-refractivity contribution in [2.75, 3.05) is 20.7 Å². The molecule has 0 unspecified atom stereocenters. The lowest BCUT2D eigenvalue weighted by atomic mass is 9.92. The molecule has 83 heavy (non-hydrogen) atoms. The van der Waals surface area contributed by atoms with Crippen LogP contribution >= 0.6 is 0 Å². The Morgan fingerprint density at radius 3 is 1.39 bits per heavy atom. The highest BCUT2D eigenvalue weighted by Gasteiger charge is 2.52. The molecule has 21 heteroatoms. The van der Waals surface area contributed by atoms with Crippen LogP contribution in [0.2, 0.25) is 33.2 Å². The molecule has 2 aromatic heterocycles. The van der Waals surface area contributed by atoms with Crippen LogP contribution in [0.25, 0.3) is 21.8 Å². The third-order valence-corrected chi connectivity index (χ3v) is 29.4. The fraction of sp³-hybridized carbons (Fsp3) is 0.468. The Balaban J connectivity index is 0.000000239. The topological polar surface area (TPSA) is 155 Å². The largest absolute Gasteiger partial charge is 0.541 e. The number of hydrogen-bond donors (Lipinski definition) is 0. The Hall–Kier alpha value is -6.46. The zero-order chi connectivity index (χ0) is 61.4. The number of fused-ring (bicyclic) bond motifs is 4. The van der Waals surface area contributed by atoms with Crippen LogP contribution < -0.4 is 13.0 Å². The molecule has 0 saturated heterocycles. The lowest BCUT2D eigenvalue weighted by Crippen LogP contribution is -2.51. The number of alkyl halides is 3. The van der Waals surface area contributed by atoms with E-state index in [9.17, 15) is 44.8 Å². The summed E-state index contributed by atoms with van der Waals surface area (Å²) in [5.74, 6) is -1.48. The Morgan fingerprint density at radius 1 is 0.602 bits per heavy atom. The molecule has 2 aliphatic heterocycles. The van der Waals surface area contributed by atoms with Crippen molar-refractivity contribution in [1.29, 1.82) is 0 Å². The summed E-state index contributed by atoms with van der Waals surface area (Å²) in [6.45, 7) is 28.0. The summed E-state index contributed by atoms with van der Waals surface area (Å²) in [5, 5.41) is 0.864. The van der Waals surface area contributed by atoms with Crippen LogP contribution in [0.5, 0.6) is 17.2 Å². The van der Waals surface area contributed by atoms with Crippen LogP contribution in [-0.4, -0.2) is 88.8 Å². The second-order valence-electron chi connectivity index (χ2n) is 23.7. The van der Waals surface area contributed by atoms with Crippen LogP contribution in [0.1, 0.15) is 156 Å². The monoisotopic (exact) mass is 1200 g/mol. The molecule has 4 aromatic carbocycles. The zero-order valence-corrected chi connectivity index (χ0v) is 52.9. The third-order valence-electron chi connectivity index (χ3n) is 16.5. The number of nitrogens with zero attached hydrogens (tertiary/aromatic N) is 4. The van der Waals surface area contributed by atoms with Crippen LogP contribution in [0.4, 0.5) is 22.0 Å². The first-order chi connectivity index (χ1) is 38.8. The van der Waals surface area contributed by atoms with Crippen LogP contribution in [0.3, 0.4) is 0 Å². The first-order valence-electron chi connectivity index (χ1n) is 28.3. The zero-order valence-electron chi connectivity index (χ0n) is 50.1. The quantitative estimate of drug-likeness (QED) is 0.0236. The summed E-state index contributed by atoms with van der Waals surface area (Å²) in [4.78, 5) is 52.1. The lowest BCUT2D eigenvalue weighted by molar-refractivity contribution is -0.143. The van der Waals surface area contributed by atoms with Crippen LogP contribution in [-0.2, 0) is 52.0 Å². The molecule has 13 nitrogen and oxygen atoms in total.